The van der Waals surface area contributed by atoms with Gasteiger partial charge in [0, 0.05) is 11.6 Å². The van der Waals surface area contributed by atoms with E-state index >= 15 is 0 Å². The van der Waals surface area contributed by atoms with E-state index in [2.05, 4.69) is 15.5 Å². The summed E-state index contributed by atoms with van der Waals surface area (Å²) in [6.45, 7) is 0. The monoisotopic (exact) mass is 261 g/mol. The molecule has 0 radical (unpaired) electrons. The molecule has 0 aliphatic carbocycles. The Balaban J connectivity index is 2.16. The lowest BCUT2D eigenvalue weighted by atomic mass is 10.1. The molecule has 86 valence electrons. The summed E-state index contributed by atoms with van der Waals surface area (Å²) in [5.41, 5.74) is 3.56. The Labute approximate surface area is 109 Å². The molecule has 2 rings (SSSR count). The van der Waals surface area contributed by atoms with Gasteiger partial charge in [0.05, 0.1) is 11.9 Å². The minimum absolute atomic E-state index is 0.641. The lowest BCUT2D eigenvalue weighted by Crippen LogP contribution is -2.10. The summed E-state index contributed by atoms with van der Waals surface area (Å²) in [6.07, 6.45) is 5.40. The van der Waals surface area contributed by atoms with Crippen LogP contribution in [0.4, 0.5) is 0 Å². The molecule has 0 fully saturated rings. The van der Waals surface area contributed by atoms with E-state index < -0.39 is 0 Å². The van der Waals surface area contributed by atoms with Crippen LogP contribution in [0.2, 0.25) is 0 Å². The fraction of sp³-hybridized carbons (Fsp3) is 0.0833. The lowest BCUT2D eigenvalue weighted by molar-refractivity contribution is 1.07. The number of thioether (sulfide) groups is 1. The van der Waals surface area contributed by atoms with Crippen LogP contribution in [0, 0.1) is 0 Å². The standard InChI is InChI=1S/C12H11N3S2/c1-17-12(16)15-14-8-11-6-9-4-2-3-5-10(9)7-13-11/h2-8H,1H3,(H,15,16). The Bertz CT molecular complexity index is 566. The Kier molecular flexibility index (Phi) is 4.06. The number of hydrogen-bond donors (Lipinski definition) is 1. The predicted octanol–water partition coefficient (Wildman–Crippen LogP) is 2.81. The number of benzene rings is 1. The summed E-state index contributed by atoms with van der Waals surface area (Å²) in [4.78, 5) is 4.29. The number of pyridine rings is 1. The van der Waals surface area contributed by atoms with E-state index in [-0.39, 0.29) is 0 Å². The molecule has 0 amide bonds. The van der Waals surface area contributed by atoms with Gasteiger partial charge in [0.2, 0.25) is 0 Å². The van der Waals surface area contributed by atoms with Crippen LogP contribution in [-0.2, 0) is 0 Å². The summed E-state index contributed by atoms with van der Waals surface area (Å²) < 4.78 is 0.641. The quantitative estimate of drug-likeness (QED) is 0.512. The van der Waals surface area contributed by atoms with Crippen LogP contribution in [-0.4, -0.2) is 21.8 Å². The maximum absolute atomic E-state index is 4.97. The van der Waals surface area contributed by atoms with Crippen LogP contribution in [0.5, 0.6) is 0 Å². The van der Waals surface area contributed by atoms with Crippen LogP contribution in [0.15, 0.2) is 41.6 Å². The van der Waals surface area contributed by atoms with Gasteiger partial charge >= 0.3 is 0 Å². The maximum Gasteiger partial charge on any atom is 0.153 e. The van der Waals surface area contributed by atoms with E-state index in [1.54, 1.807) is 6.21 Å². The zero-order chi connectivity index (χ0) is 12.1. The second kappa shape index (κ2) is 5.75. The SMILES string of the molecule is CSC(=S)NN=Cc1cc2ccccc2cn1. The molecule has 0 saturated carbocycles. The number of rotatable bonds is 2. The van der Waals surface area contributed by atoms with Gasteiger partial charge in [0.1, 0.15) is 0 Å². The number of aromatic nitrogens is 1. The number of fused-ring (bicyclic) bond motifs is 1. The van der Waals surface area contributed by atoms with Gasteiger partial charge in [0.25, 0.3) is 0 Å². The average Bonchev–Trinajstić information content (AvgIpc) is 2.38. The fourth-order valence-electron chi connectivity index (χ4n) is 1.37. The van der Waals surface area contributed by atoms with E-state index in [4.69, 9.17) is 12.2 Å². The second-order valence-electron chi connectivity index (χ2n) is 3.32. The Morgan fingerprint density at radius 3 is 2.94 bits per heavy atom. The highest BCUT2D eigenvalue weighted by Crippen LogP contribution is 2.12. The first kappa shape index (κ1) is 12.0. The number of nitrogens with zero attached hydrogens (tertiary/aromatic N) is 2. The highest BCUT2D eigenvalue weighted by molar-refractivity contribution is 8.22. The molecule has 0 saturated heterocycles. The number of hydrazone groups is 1. The van der Waals surface area contributed by atoms with Gasteiger partial charge in [-0.15, -0.1) is 0 Å². The molecule has 0 unspecified atom stereocenters. The minimum Gasteiger partial charge on any atom is -0.262 e. The first-order valence-electron chi connectivity index (χ1n) is 5.01. The van der Waals surface area contributed by atoms with Crippen molar-refractivity contribution in [1.29, 1.82) is 0 Å². The van der Waals surface area contributed by atoms with Gasteiger partial charge in [-0.25, -0.2) is 0 Å². The molecule has 1 aromatic carbocycles. The molecule has 5 heteroatoms. The van der Waals surface area contributed by atoms with Crippen molar-refractivity contribution in [3.63, 3.8) is 0 Å². The smallest absolute Gasteiger partial charge is 0.153 e. The summed E-state index contributed by atoms with van der Waals surface area (Å²) in [5.74, 6) is 0. The van der Waals surface area contributed by atoms with Crippen LogP contribution >= 0.6 is 24.0 Å². The Hall–Kier alpha value is -1.46. The first-order chi connectivity index (χ1) is 8.29. The molecule has 2 aromatic rings. The topological polar surface area (TPSA) is 37.3 Å². The molecule has 0 aliphatic heterocycles. The Morgan fingerprint density at radius 2 is 2.18 bits per heavy atom. The van der Waals surface area contributed by atoms with Crippen molar-refractivity contribution in [2.45, 2.75) is 0 Å². The number of nitrogens with one attached hydrogen (secondary N) is 1. The third-order valence-corrected chi connectivity index (χ3v) is 3.24. The molecule has 0 spiro atoms. The predicted molar refractivity (Wildman–Crippen MR) is 78.6 cm³/mol. The van der Waals surface area contributed by atoms with Crippen molar-refractivity contribution < 1.29 is 0 Å². The summed E-state index contributed by atoms with van der Waals surface area (Å²) in [5, 5.41) is 6.29. The molecule has 3 nitrogen and oxygen atoms in total. The van der Waals surface area contributed by atoms with Gasteiger partial charge in [-0.3, -0.25) is 10.4 Å². The van der Waals surface area contributed by atoms with Crippen molar-refractivity contribution in [3.05, 3.63) is 42.2 Å². The van der Waals surface area contributed by atoms with E-state index in [0.29, 0.717) is 4.32 Å². The zero-order valence-corrected chi connectivity index (χ0v) is 10.9. The molecule has 0 bridgehead atoms. The van der Waals surface area contributed by atoms with E-state index in [1.165, 1.54) is 11.8 Å². The van der Waals surface area contributed by atoms with Crippen molar-refractivity contribution in [1.82, 2.24) is 10.4 Å². The Morgan fingerprint density at radius 1 is 1.41 bits per heavy atom. The van der Waals surface area contributed by atoms with E-state index in [1.807, 2.05) is 42.8 Å². The molecular formula is C12H11N3S2. The van der Waals surface area contributed by atoms with Crippen LogP contribution in [0.25, 0.3) is 10.8 Å². The first-order valence-corrected chi connectivity index (χ1v) is 6.65. The summed E-state index contributed by atoms with van der Waals surface area (Å²) >= 11 is 6.41. The van der Waals surface area contributed by atoms with E-state index in [0.717, 1.165) is 16.5 Å². The van der Waals surface area contributed by atoms with Crippen molar-refractivity contribution in [3.8, 4) is 0 Å². The fourth-order valence-corrected chi connectivity index (χ4v) is 1.56. The number of hydrogen-bond acceptors (Lipinski definition) is 4. The molecule has 17 heavy (non-hydrogen) atoms. The maximum atomic E-state index is 4.97. The molecule has 1 aromatic heterocycles. The van der Waals surface area contributed by atoms with Crippen LogP contribution < -0.4 is 5.43 Å². The van der Waals surface area contributed by atoms with Crippen molar-refractivity contribution >= 4 is 45.3 Å². The van der Waals surface area contributed by atoms with Gasteiger partial charge in [-0.05, 0) is 17.7 Å². The largest absolute Gasteiger partial charge is 0.262 e. The van der Waals surface area contributed by atoms with Gasteiger partial charge in [-0.2, -0.15) is 5.10 Å². The normalized spacial score (nSPS) is 10.9. The number of thiocarbonyl (C=S) groups is 1. The molecule has 1 N–H and O–H groups in total. The minimum atomic E-state index is 0.641. The summed E-state index contributed by atoms with van der Waals surface area (Å²) in [7, 11) is 0. The lowest BCUT2D eigenvalue weighted by Gasteiger charge is -1.99. The third kappa shape index (κ3) is 3.25. The van der Waals surface area contributed by atoms with Crippen molar-refractivity contribution in [2.24, 2.45) is 5.10 Å². The van der Waals surface area contributed by atoms with Crippen LogP contribution in [0.1, 0.15) is 5.69 Å². The van der Waals surface area contributed by atoms with Crippen LogP contribution in [0.3, 0.4) is 0 Å². The summed E-state index contributed by atoms with van der Waals surface area (Å²) in [6, 6.07) is 10.1. The molecule has 1 heterocycles. The van der Waals surface area contributed by atoms with Gasteiger partial charge < -0.3 is 0 Å². The highest BCUT2D eigenvalue weighted by atomic mass is 32.2. The van der Waals surface area contributed by atoms with Gasteiger partial charge in [0.15, 0.2) is 4.32 Å². The highest BCUT2D eigenvalue weighted by Gasteiger charge is 1.94. The average molecular weight is 261 g/mol. The van der Waals surface area contributed by atoms with Gasteiger partial charge in [-0.1, -0.05) is 48.2 Å². The second-order valence-corrected chi connectivity index (χ2v) is 4.80. The molecule has 0 atom stereocenters. The molecular weight excluding hydrogens is 250 g/mol. The third-order valence-electron chi connectivity index (χ3n) is 2.19. The zero-order valence-electron chi connectivity index (χ0n) is 9.25. The molecule has 0 aliphatic rings. The van der Waals surface area contributed by atoms with Crippen molar-refractivity contribution in [2.75, 3.05) is 6.26 Å². The van der Waals surface area contributed by atoms with E-state index in [9.17, 15) is 0 Å².